The molecule has 6 nitrogen and oxygen atoms in total. The minimum absolute atomic E-state index is 0.0871. The van der Waals surface area contributed by atoms with Gasteiger partial charge in [0.05, 0.1) is 5.56 Å². The number of fused-ring (bicyclic) bond motifs is 1. The van der Waals surface area contributed by atoms with Gasteiger partial charge >= 0.3 is 0 Å². The van der Waals surface area contributed by atoms with Crippen molar-refractivity contribution in [1.29, 1.82) is 0 Å². The number of aromatic amines is 1. The van der Waals surface area contributed by atoms with Crippen LogP contribution < -0.4 is 10.9 Å². The van der Waals surface area contributed by atoms with E-state index >= 15 is 0 Å². The summed E-state index contributed by atoms with van der Waals surface area (Å²) in [4.78, 5) is 38.1. The van der Waals surface area contributed by atoms with E-state index in [2.05, 4.69) is 36.1 Å². The number of Topliss-reactive ketones (excluding diaryl/α,β-unsaturated/α-hetero) is 1. The normalized spacial score (nSPS) is 20.1. The molecule has 2 N–H and O–H groups in total. The molecule has 3 heterocycles. The largest absolute Gasteiger partial charge is 0.343 e. The topological polar surface area (TPSA) is 87.7 Å². The number of carbonyl (C=O) groups is 1. The first kappa shape index (κ1) is 19.9. The first-order valence-electron chi connectivity index (χ1n) is 10.1. The molecule has 2 aromatic heterocycles. The number of nitrogens with one attached hydrogen (secondary N) is 2. The number of anilines is 1. The van der Waals surface area contributed by atoms with E-state index in [4.69, 9.17) is 4.98 Å². The molecule has 2 aromatic rings. The molecule has 0 unspecified atom stereocenters. The fourth-order valence-electron chi connectivity index (χ4n) is 4.15. The van der Waals surface area contributed by atoms with Crippen LogP contribution in [0.3, 0.4) is 0 Å². The maximum Gasteiger partial charge on any atom is 0.257 e. The fraction of sp³-hybridized carbons (Fsp3) is 0.455. The Hall–Kier alpha value is -2.41. The van der Waals surface area contributed by atoms with Gasteiger partial charge in [-0.05, 0) is 29.9 Å². The van der Waals surface area contributed by atoms with Crippen molar-refractivity contribution in [2.45, 2.75) is 57.5 Å². The van der Waals surface area contributed by atoms with E-state index in [0.29, 0.717) is 28.5 Å². The lowest BCUT2D eigenvalue weighted by molar-refractivity contribution is -0.118. The van der Waals surface area contributed by atoms with Crippen molar-refractivity contribution in [1.82, 2.24) is 15.0 Å². The van der Waals surface area contributed by atoms with E-state index in [0.717, 1.165) is 36.3 Å². The third-order valence-corrected chi connectivity index (χ3v) is 6.41. The number of thioether (sulfide) groups is 1. The van der Waals surface area contributed by atoms with Crippen molar-refractivity contribution in [3.05, 3.63) is 57.3 Å². The molecule has 0 bridgehead atoms. The van der Waals surface area contributed by atoms with Gasteiger partial charge in [0.25, 0.3) is 5.56 Å². The van der Waals surface area contributed by atoms with Crippen LogP contribution in [0.4, 0.5) is 5.82 Å². The number of hydrogen-bond donors (Lipinski definition) is 2. The monoisotopic (exact) mass is 410 g/mol. The van der Waals surface area contributed by atoms with Crippen LogP contribution in [0.1, 0.15) is 63.5 Å². The molecule has 1 aliphatic carbocycles. The van der Waals surface area contributed by atoms with Crippen molar-refractivity contribution in [3.8, 4) is 0 Å². The summed E-state index contributed by atoms with van der Waals surface area (Å²) < 4.78 is 0. The summed E-state index contributed by atoms with van der Waals surface area (Å²) >= 11 is 1.56. The molecular formula is C22H26N4O2S. The Morgan fingerprint density at radius 2 is 2.10 bits per heavy atom. The lowest BCUT2D eigenvalue weighted by Crippen LogP contribution is -2.37. The van der Waals surface area contributed by atoms with Gasteiger partial charge in [0.15, 0.2) is 10.9 Å². The predicted molar refractivity (Wildman–Crippen MR) is 115 cm³/mol. The van der Waals surface area contributed by atoms with E-state index in [1.165, 1.54) is 0 Å². The van der Waals surface area contributed by atoms with Gasteiger partial charge in [0.1, 0.15) is 5.82 Å². The number of aromatic nitrogens is 3. The third kappa shape index (κ3) is 3.88. The number of ketones is 1. The maximum atomic E-state index is 13.1. The van der Waals surface area contributed by atoms with E-state index in [1.807, 2.05) is 12.1 Å². The molecule has 0 spiro atoms. The van der Waals surface area contributed by atoms with Crippen LogP contribution >= 0.6 is 11.8 Å². The standard InChI is InChI=1S/C22H26N4O2S/c1-4-5-9-29-21-25-19-18(20(28)26-21)16(13-7-6-8-23-12-13)17-14(24-19)10-22(2,3)11-15(17)27/h6-8,12,16H,4-5,9-11H2,1-3H3,(H2,24,25,26,28)/t16-/m1/s1. The molecule has 152 valence electrons. The summed E-state index contributed by atoms with van der Waals surface area (Å²) in [6, 6.07) is 3.76. The zero-order chi connectivity index (χ0) is 20.6. The summed E-state index contributed by atoms with van der Waals surface area (Å²) in [5, 5.41) is 3.97. The highest BCUT2D eigenvalue weighted by atomic mass is 32.2. The van der Waals surface area contributed by atoms with Crippen LogP contribution in [-0.4, -0.2) is 26.5 Å². The van der Waals surface area contributed by atoms with Crippen molar-refractivity contribution >= 4 is 23.4 Å². The number of H-pyrrole nitrogens is 1. The van der Waals surface area contributed by atoms with Gasteiger partial charge in [-0.25, -0.2) is 4.98 Å². The molecular weight excluding hydrogens is 384 g/mol. The van der Waals surface area contributed by atoms with E-state index < -0.39 is 5.92 Å². The minimum Gasteiger partial charge on any atom is -0.343 e. The Labute approximate surface area is 174 Å². The third-order valence-electron chi connectivity index (χ3n) is 5.45. The average Bonchev–Trinajstić information content (AvgIpc) is 2.66. The van der Waals surface area contributed by atoms with E-state index in [-0.39, 0.29) is 16.8 Å². The number of nitrogens with zero attached hydrogens (tertiary/aromatic N) is 2. The molecule has 0 radical (unpaired) electrons. The smallest absolute Gasteiger partial charge is 0.257 e. The summed E-state index contributed by atoms with van der Waals surface area (Å²) in [7, 11) is 0. The van der Waals surface area contributed by atoms with Crippen LogP contribution in [0.5, 0.6) is 0 Å². The first-order valence-corrected chi connectivity index (χ1v) is 11.1. The zero-order valence-electron chi connectivity index (χ0n) is 17.0. The Morgan fingerprint density at radius 1 is 1.28 bits per heavy atom. The summed E-state index contributed by atoms with van der Waals surface area (Å²) in [5.41, 5.74) is 2.59. The number of rotatable bonds is 5. The van der Waals surface area contributed by atoms with Gasteiger partial charge in [-0.2, -0.15) is 0 Å². The molecule has 1 aliphatic heterocycles. The van der Waals surface area contributed by atoms with Crippen molar-refractivity contribution in [2.24, 2.45) is 5.41 Å². The van der Waals surface area contributed by atoms with Crippen LogP contribution in [0, 0.1) is 5.41 Å². The molecule has 0 saturated heterocycles. The van der Waals surface area contributed by atoms with Gasteiger partial charge in [-0.3, -0.25) is 14.6 Å². The van der Waals surface area contributed by atoms with Gasteiger partial charge < -0.3 is 10.3 Å². The summed E-state index contributed by atoms with van der Waals surface area (Å²) in [6.07, 6.45) is 6.81. The Morgan fingerprint density at radius 3 is 2.83 bits per heavy atom. The van der Waals surface area contributed by atoms with Gasteiger partial charge in [-0.1, -0.05) is 45.0 Å². The van der Waals surface area contributed by atoms with Crippen LogP contribution in [0.25, 0.3) is 0 Å². The number of unbranched alkanes of at least 4 members (excludes halogenated alkanes) is 1. The van der Waals surface area contributed by atoms with Gasteiger partial charge in [0.2, 0.25) is 0 Å². The van der Waals surface area contributed by atoms with E-state index in [9.17, 15) is 9.59 Å². The second-order valence-electron chi connectivity index (χ2n) is 8.51. The molecule has 4 rings (SSSR count). The highest BCUT2D eigenvalue weighted by Gasteiger charge is 2.42. The average molecular weight is 411 g/mol. The van der Waals surface area contributed by atoms with Crippen molar-refractivity contribution < 1.29 is 4.79 Å². The van der Waals surface area contributed by atoms with Crippen LogP contribution in [0.2, 0.25) is 0 Å². The zero-order valence-corrected chi connectivity index (χ0v) is 17.9. The summed E-state index contributed by atoms with van der Waals surface area (Å²) in [6.45, 7) is 6.34. The first-order chi connectivity index (χ1) is 13.9. The molecule has 1 atom stereocenters. The molecule has 0 saturated carbocycles. The molecule has 29 heavy (non-hydrogen) atoms. The van der Waals surface area contributed by atoms with Gasteiger partial charge in [0, 0.05) is 41.8 Å². The Bertz CT molecular complexity index is 1030. The van der Waals surface area contributed by atoms with Crippen LogP contribution in [0.15, 0.2) is 45.7 Å². The SMILES string of the molecule is CCCCSc1nc2c(c(=O)[nH]1)[C@H](c1cccnc1)C1=C(CC(C)(C)CC1=O)N2. The van der Waals surface area contributed by atoms with E-state index in [1.54, 1.807) is 24.2 Å². The fourth-order valence-corrected chi connectivity index (χ4v) is 5.10. The number of pyridine rings is 1. The van der Waals surface area contributed by atoms with Gasteiger partial charge in [-0.15, -0.1) is 0 Å². The minimum atomic E-state index is -0.440. The second-order valence-corrected chi connectivity index (χ2v) is 9.60. The lowest BCUT2D eigenvalue weighted by atomic mass is 9.69. The highest BCUT2D eigenvalue weighted by Crippen LogP contribution is 2.47. The molecule has 0 amide bonds. The van der Waals surface area contributed by atoms with Crippen LogP contribution in [-0.2, 0) is 4.79 Å². The van der Waals surface area contributed by atoms with Crippen molar-refractivity contribution in [2.75, 3.05) is 11.1 Å². The van der Waals surface area contributed by atoms with Crippen molar-refractivity contribution in [3.63, 3.8) is 0 Å². The molecule has 0 aromatic carbocycles. The maximum absolute atomic E-state index is 13.1. The second kappa shape index (κ2) is 7.78. The summed E-state index contributed by atoms with van der Waals surface area (Å²) in [5.74, 6) is 1.11. The number of carbonyl (C=O) groups excluding carboxylic acids is 1. The molecule has 0 fully saturated rings. The Kier molecular flexibility index (Phi) is 5.34. The molecule has 7 heteroatoms. The quantitative estimate of drug-likeness (QED) is 0.435. The highest BCUT2D eigenvalue weighted by molar-refractivity contribution is 7.99. The Balaban J connectivity index is 1.85. The number of allylic oxidation sites excluding steroid dienone is 2. The lowest BCUT2D eigenvalue weighted by Gasteiger charge is -2.38. The molecule has 2 aliphatic rings. The predicted octanol–water partition coefficient (Wildman–Crippen LogP) is 4.26. The number of hydrogen-bond acceptors (Lipinski definition) is 6.